The topological polar surface area (TPSA) is 42.4 Å². The Morgan fingerprint density at radius 1 is 1.44 bits per heavy atom. The minimum absolute atomic E-state index is 0.152. The van der Waals surface area contributed by atoms with Crippen LogP contribution in [0.3, 0.4) is 0 Å². The summed E-state index contributed by atoms with van der Waals surface area (Å²) >= 11 is 1.63. The molecule has 0 spiro atoms. The number of rotatable bonds is 6. The van der Waals surface area contributed by atoms with Gasteiger partial charge < -0.3 is 9.84 Å². The number of hydrogen-bond acceptors (Lipinski definition) is 4. The normalized spacial score (nSPS) is 12.8. The average Bonchev–Trinajstić information content (AvgIpc) is 2.26. The summed E-state index contributed by atoms with van der Waals surface area (Å²) < 4.78 is 5.67. The number of aliphatic hydroxyl groups is 1. The van der Waals surface area contributed by atoms with E-state index < -0.39 is 0 Å². The van der Waals surface area contributed by atoms with Crippen molar-refractivity contribution in [2.24, 2.45) is 5.92 Å². The Balaban J connectivity index is 2.63. The van der Waals surface area contributed by atoms with Crippen LogP contribution in [-0.2, 0) is 0 Å². The summed E-state index contributed by atoms with van der Waals surface area (Å²) in [5.74, 6) is 1.95. The highest BCUT2D eigenvalue weighted by Gasteiger charge is 2.09. The number of hydrogen-bond donors (Lipinski definition) is 1. The van der Waals surface area contributed by atoms with Gasteiger partial charge in [-0.3, -0.25) is 0 Å². The van der Waals surface area contributed by atoms with Crippen molar-refractivity contribution >= 4 is 11.8 Å². The van der Waals surface area contributed by atoms with Crippen LogP contribution in [0.15, 0.2) is 23.4 Å². The summed E-state index contributed by atoms with van der Waals surface area (Å²) in [6.07, 6.45) is 1.91. The van der Waals surface area contributed by atoms with Crippen LogP contribution in [0.25, 0.3) is 0 Å². The van der Waals surface area contributed by atoms with Gasteiger partial charge >= 0.3 is 0 Å². The Labute approximate surface area is 101 Å². The van der Waals surface area contributed by atoms with E-state index in [4.69, 9.17) is 9.84 Å². The van der Waals surface area contributed by atoms with Gasteiger partial charge in [-0.1, -0.05) is 6.92 Å². The van der Waals surface area contributed by atoms with Crippen LogP contribution >= 0.6 is 11.8 Å². The van der Waals surface area contributed by atoms with Gasteiger partial charge in [0.2, 0.25) is 0 Å². The zero-order valence-electron chi connectivity index (χ0n) is 10.0. The van der Waals surface area contributed by atoms with Crippen LogP contribution in [0.4, 0.5) is 0 Å². The molecule has 1 aromatic rings. The molecule has 1 aromatic heterocycles. The van der Waals surface area contributed by atoms with Crippen molar-refractivity contribution in [2.75, 3.05) is 12.4 Å². The lowest BCUT2D eigenvalue weighted by molar-refractivity contribution is 0.234. The van der Waals surface area contributed by atoms with E-state index in [0.717, 1.165) is 16.5 Å². The first-order valence-electron chi connectivity index (χ1n) is 5.48. The maximum atomic E-state index is 8.96. The Hall–Kier alpha value is -0.740. The zero-order chi connectivity index (χ0) is 12.0. The maximum Gasteiger partial charge on any atom is 0.151 e. The lowest BCUT2D eigenvalue weighted by Crippen LogP contribution is -2.08. The summed E-state index contributed by atoms with van der Waals surface area (Å²) in [6, 6.07) is 3.80. The molecule has 0 aliphatic rings. The summed E-state index contributed by atoms with van der Waals surface area (Å²) in [4.78, 5) is 4.29. The second-order valence-corrected chi connectivity index (χ2v) is 5.08. The van der Waals surface area contributed by atoms with Gasteiger partial charge in [0.1, 0.15) is 5.03 Å². The lowest BCUT2D eigenvalue weighted by atomic mass is 10.2. The van der Waals surface area contributed by atoms with Gasteiger partial charge in [0.25, 0.3) is 0 Å². The predicted octanol–water partition coefficient (Wildman–Crippen LogP) is 2.59. The van der Waals surface area contributed by atoms with Gasteiger partial charge in [-0.15, -0.1) is 11.8 Å². The number of pyridine rings is 1. The van der Waals surface area contributed by atoms with Crippen LogP contribution in [0.5, 0.6) is 5.75 Å². The van der Waals surface area contributed by atoms with E-state index >= 15 is 0 Å². The van der Waals surface area contributed by atoms with Gasteiger partial charge in [0.15, 0.2) is 5.75 Å². The third-order valence-corrected chi connectivity index (χ3v) is 3.23. The van der Waals surface area contributed by atoms with Crippen molar-refractivity contribution in [3.8, 4) is 5.75 Å². The van der Waals surface area contributed by atoms with E-state index in [0.29, 0.717) is 0 Å². The van der Waals surface area contributed by atoms with Gasteiger partial charge in [-0.2, -0.15) is 0 Å². The molecule has 0 aliphatic carbocycles. The minimum Gasteiger partial charge on any atom is -0.488 e. The molecule has 1 N–H and O–H groups in total. The number of aliphatic hydroxyl groups excluding tert-OH is 1. The molecule has 0 aromatic carbocycles. The Kier molecular flexibility index (Phi) is 5.63. The molecule has 0 fully saturated rings. The molecule has 3 nitrogen and oxygen atoms in total. The molecule has 4 heteroatoms. The fraction of sp³-hybridized carbons (Fsp3) is 0.583. The van der Waals surface area contributed by atoms with E-state index in [-0.39, 0.29) is 18.6 Å². The predicted molar refractivity (Wildman–Crippen MR) is 67.0 cm³/mol. The average molecular weight is 241 g/mol. The summed E-state index contributed by atoms with van der Waals surface area (Å²) in [7, 11) is 0. The van der Waals surface area contributed by atoms with Crippen molar-refractivity contribution in [3.63, 3.8) is 0 Å². The third kappa shape index (κ3) is 4.41. The van der Waals surface area contributed by atoms with E-state index in [1.165, 1.54) is 0 Å². The molecule has 0 saturated carbocycles. The van der Waals surface area contributed by atoms with Gasteiger partial charge in [0, 0.05) is 18.6 Å². The molecule has 1 unspecified atom stereocenters. The number of aromatic nitrogens is 1. The molecule has 0 radical (unpaired) electrons. The maximum absolute atomic E-state index is 8.96. The Morgan fingerprint density at radius 2 is 2.19 bits per heavy atom. The first-order chi connectivity index (χ1) is 7.63. The van der Waals surface area contributed by atoms with Crippen LogP contribution in [-0.4, -0.2) is 28.6 Å². The van der Waals surface area contributed by atoms with Gasteiger partial charge in [-0.25, -0.2) is 4.98 Å². The highest BCUT2D eigenvalue weighted by molar-refractivity contribution is 7.99. The molecule has 90 valence electrons. The fourth-order valence-corrected chi connectivity index (χ4v) is 2.04. The summed E-state index contributed by atoms with van der Waals surface area (Å²) in [5.41, 5.74) is 0. The SMILES string of the molecule is CC(CO)CSc1ncccc1OC(C)C. The quantitative estimate of drug-likeness (QED) is 0.777. The molecule has 16 heavy (non-hydrogen) atoms. The molecular formula is C12H19NO2S. The first-order valence-corrected chi connectivity index (χ1v) is 6.47. The van der Waals surface area contributed by atoms with Crippen molar-refractivity contribution in [2.45, 2.75) is 31.9 Å². The zero-order valence-corrected chi connectivity index (χ0v) is 10.8. The van der Waals surface area contributed by atoms with E-state index in [9.17, 15) is 0 Å². The number of thioether (sulfide) groups is 1. The number of nitrogens with zero attached hydrogens (tertiary/aromatic N) is 1. The van der Waals surface area contributed by atoms with E-state index in [1.807, 2.05) is 32.9 Å². The standard InChI is InChI=1S/C12H19NO2S/c1-9(2)15-11-5-4-6-13-12(11)16-8-10(3)7-14/h4-6,9-10,14H,7-8H2,1-3H3. The van der Waals surface area contributed by atoms with Crippen molar-refractivity contribution in [3.05, 3.63) is 18.3 Å². The third-order valence-electron chi connectivity index (χ3n) is 1.92. The molecule has 1 atom stereocenters. The highest BCUT2D eigenvalue weighted by Crippen LogP contribution is 2.28. The number of ether oxygens (including phenoxy) is 1. The smallest absolute Gasteiger partial charge is 0.151 e. The van der Waals surface area contributed by atoms with Crippen LogP contribution in [0.2, 0.25) is 0 Å². The Morgan fingerprint density at radius 3 is 2.81 bits per heavy atom. The van der Waals surface area contributed by atoms with Gasteiger partial charge in [-0.05, 0) is 31.9 Å². The van der Waals surface area contributed by atoms with Crippen molar-refractivity contribution < 1.29 is 9.84 Å². The van der Waals surface area contributed by atoms with E-state index in [2.05, 4.69) is 4.98 Å². The van der Waals surface area contributed by atoms with Crippen molar-refractivity contribution in [1.29, 1.82) is 0 Å². The molecule has 0 saturated heterocycles. The molecule has 0 aliphatic heterocycles. The van der Waals surface area contributed by atoms with Crippen LogP contribution < -0.4 is 4.74 Å². The highest BCUT2D eigenvalue weighted by atomic mass is 32.2. The minimum atomic E-state index is 0.152. The molecular weight excluding hydrogens is 222 g/mol. The molecule has 0 bridgehead atoms. The second kappa shape index (κ2) is 6.76. The molecule has 0 amide bonds. The van der Waals surface area contributed by atoms with Crippen molar-refractivity contribution in [1.82, 2.24) is 4.98 Å². The molecule has 1 rings (SSSR count). The fourth-order valence-electron chi connectivity index (χ4n) is 1.10. The molecule has 1 heterocycles. The first kappa shape index (κ1) is 13.3. The van der Waals surface area contributed by atoms with Crippen LogP contribution in [0, 0.1) is 5.92 Å². The lowest BCUT2D eigenvalue weighted by Gasteiger charge is -2.13. The second-order valence-electron chi connectivity index (χ2n) is 4.07. The largest absolute Gasteiger partial charge is 0.488 e. The summed E-state index contributed by atoms with van der Waals surface area (Å²) in [6.45, 7) is 6.22. The van der Waals surface area contributed by atoms with Gasteiger partial charge in [0.05, 0.1) is 6.10 Å². The van der Waals surface area contributed by atoms with E-state index in [1.54, 1.807) is 18.0 Å². The van der Waals surface area contributed by atoms with Crippen LogP contribution in [0.1, 0.15) is 20.8 Å². The Bertz CT molecular complexity index is 318. The summed E-state index contributed by atoms with van der Waals surface area (Å²) in [5, 5.41) is 9.86. The monoisotopic (exact) mass is 241 g/mol.